The first-order valence-electron chi connectivity index (χ1n) is 10.2. The highest BCUT2D eigenvalue weighted by molar-refractivity contribution is 5.09. The van der Waals surface area contributed by atoms with E-state index >= 15 is 0 Å². The maximum absolute atomic E-state index is 10.3. The van der Waals surface area contributed by atoms with E-state index in [1.165, 1.54) is 44.9 Å². The molecule has 2 nitrogen and oxygen atoms in total. The molecule has 9 atom stereocenters. The third-order valence-electron chi connectivity index (χ3n) is 9.29. The molecule has 0 spiro atoms. The molecule has 0 radical (unpaired) electrons. The van der Waals surface area contributed by atoms with Gasteiger partial charge in [0, 0.05) is 0 Å². The van der Waals surface area contributed by atoms with E-state index in [0.29, 0.717) is 16.7 Å². The molecule has 0 heterocycles. The van der Waals surface area contributed by atoms with Crippen molar-refractivity contribution in [2.24, 2.45) is 40.4 Å². The number of hydrogen-bond acceptors (Lipinski definition) is 2. The van der Waals surface area contributed by atoms with Crippen molar-refractivity contribution in [3.05, 3.63) is 0 Å². The van der Waals surface area contributed by atoms with Crippen molar-refractivity contribution in [2.75, 3.05) is 0 Å². The molecule has 4 fully saturated rings. The number of fused-ring (bicyclic) bond motifs is 5. The van der Waals surface area contributed by atoms with Gasteiger partial charge in [0.25, 0.3) is 0 Å². The van der Waals surface area contributed by atoms with Crippen LogP contribution in [0.3, 0.4) is 0 Å². The van der Waals surface area contributed by atoms with E-state index in [4.69, 9.17) is 0 Å². The van der Waals surface area contributed by atoms with Crippen molar-refractivity contribution in [3.63, 3.8) is 0 Å². The fraction of sp³-hybridized carbons (Fsp3) is 1.00. The Hall–Kier alpha value is -0.0800. The highest BCUT2D eigenvalue weighted by Crippen LogP contribution is 2.67. The summed E-state index contributed by atoms with van der Waals surface area (Å²) in [5, 5.41) is 20.4. The Morgan fingerprint density at radius 3 is 2.30 bits per heavy atom. The number of rotatable bonds is 1. The predicted octanol–water partition coefficient (Wildman–Crippen LogP) is 4.39. The van der Waals surface area contributed by atoms with Crippen molar-refractivity contribution < 1.29 is 10.2 Å². The molecule has 4 aliphatic carbocycles. The molecule has 4 rings (SSSR count). The molecule has 132 valence electrons. The van der Waals surface area contributed by atoms with Gasteiger partial charge in [0.15, 0.2) is 0 Å². The first-order valence-corrected chi connectivity index (χ1v) is 10.2. The molecular weight excluding hydrogens is 284 g/mol. The predicted molar refractivity (Wildman–Crippen MR) is 92.9 cm³/mol. The second-order valence-electron chi connectivity index (χ2n) is 10.1. The molecule has 0 aromatic carbocycles. The number of aliphatic hydroxyl groups is 2. The second kappa shape index (κ2) is 5.46. The molecule has 0 saturated heterocycles. The largest absolute Gasteiger partial charge is 0.393 e. The molecule has 23 heavy (non-hydrogen) atoms. The van der Waals surface area contributed by atoms with Crippen LogP contribution in [0.1, 0.15) is 78.6 Å². The van der Waals surface area contributed by atoms with E-state index in [0.717, 1.165) is 36.5 Å². The van der Waals surface area contributed by atoms with Crippen LogP contribution in [0.4, 0.5) is 0 Å². The van der Waals surface area contributed by atoms with Gasteiger partial charge in [0.1, 0.15) is 0 Å². The molecule has 0 amide bonds. The summed E-state index contributed by atoms with van der Waals surface area (Å²) in [4.78, 5) is 0. The van der Waals surface area contributed by atoms with Crippen molar-refractivity contribution in [2.45, 2.75) is 90.8 Å². The SMILES string of the molecule is C[C@@H](O)[C@@H]1CC[C@@H]2[C@H]3CC[C@H]4C[C@@H](O)CC[C@]4(C)[C@@H]3CC[C@]21C. The third-order valence-corrected chi connectivity index (χ3v) is 9.29. The quantitative estimate of drug-likeness (QED) is 0.752. The van der Waals surface area contributed by atoms with Crippen molar-refractivity contribution in [3.8, 4) is 0 Å². The lowest BCUT2D eigenvalue weighted by molar-refractivity contribution is -0.132. The van der Waals surface area contributed by atoms with Crippen LogP contribution in [0.5, 0.6) is 0 Å². The van der Waals surface area contributed by atoms with E-state index in [-0.39, 0.29) is 12.2 Å². The topological polar surface area (TPSA) is 40.5 Å². The molecule has 0 aliphatic heterocycles. The molecule has 0 unspecified atom stereocenters. The van der Waals surface area contributed by atoms with E-state index in [1.54, 1.807) is 0 Å². The van der Waals surface area contributed by atoms with Crippen LogP contribution in [0.15, 0.2) is 0 Å². The van der Waals surface area contributed by atoms with Crippen LogP contribution in [0, 0.1) is 40.4 Å². The zero-order valence-corrected chi connectivity index (χ0v) is 15.3. The minimum absolute atomic E-state index is 0.0374. The summed E-state index contributed by atoms with van der Waals surface area (Å²) in [6.07, 6.45) is 11.1. The lowest BCUT2D eigenvalue weighted by Crippen LogP contribution is -2.54. The lowest BCUT2D eigenvalue weighted by atomic mass is 9.44. The summed E-state index contributed by atoms with van der Waals surface area (Å²) in [6.45, 7) is 7.08. The maximum Gasteiger partial charge on any atom is 0.0545 e. The smallest absolute Gasteiger partial charge is 0.0545 e. The molecule has 4 saturated carbocycles. The van der Waals surface area contributed by atoms with Gasteiger partial charge >= 0.3 is 0 Å². The van der Waals surface area contributed by atoms with Crippen molar-refractivity contribution in [1.29, 1.82) is 0 Å². The Morgan fingerprint density at radius 2 is 1.57 bits per heavy atom. The van der Waals surface area contributed by atoms with Gasteiger partial charge in [-0.3, -0.25) is 0 Å². The highest BCUT2D eigenvalue weighted by atomic mass is 16.3. The first-order chi connectivity index (χ1) is 10.9. The summed E-state index contributed by atoms with van der Waals surface area (Å²) in [5.74, 6) is 3.87. The average Bonchev–Trinajstić information content (AvgIpc) is 2.85. The van der Waals surface area contributed by atoms with Gasteiger partial charge < -0.3 is 10.2 Å². The molecule has 2 N–H and O–H groups in total. The Balaban J connectivity index is 1.60. The van der Waals surface area contributed by atoms with Crippen LogP contribution in [0.2, 0.25) is 0 Å². The monoisotopic (exact) mass is 320 g/mol. The van der Waals surface area contributed by atoms with Gasteiger partial charge in [-0.1, -0.05) is 13.8 Å². The minimum Gasteiger partial charge on any atom is -0.393 e. The van der Waals surface area contributed by atoms with Crippen LogP contribution in [-0.2, 0) is 0 Å². The zero-order valence-electron chi connectivity index (χ0n) is 15.3. The summed E-state index contributed by atoms with van der Waals surface area (Å²) in [5.41, 5.74) is 0.860. The number of hydrogen-bond donors (Lipinski definition) is 2. The van der Waals surface area contributed by atoms with Gasteiger partial charge in [0.2, 0.25) is 0 Å². The van der Waals surface area contributed by atoms with Crippen LogP contribution < -0.4 is 0 Å². The Labute approximate surface area is 142 Å². The number of aliphatic hydroxyl groups excluding tert-OH is 2. The second-order valence-corrected chi connectivity index (χ2v) is 10.1. The highest BCUT2D eigenvalue weighted by Gasteiger charge is 2.60. The molecule has 0 bridgehead atoms. The average molecular weight is 321 g/mol. The zero-order chi connectivity index (χ0) is 16.4. The van der Waals surface area contributed by atoms with E-state index in [9.17, 15) is 10.2 Å². The minimum atomic E-state index is -0.140. The van der Waals surface area contributed by atoms with Crippen LogP contribution in [0.25, 0.3) is 0 Å². The van der Waals surface area contributed by atoms with Crippen LogP contribution in [-0.4, -0.2) is 22.4 Å². The standard InChI is InChI=1S/C21H36O2/c1-13(22)17-6-7-18-16-5-4-14-12-15(23)8-10-20(14,2)19(16)9-11-21(17,18)3/h13-19,22-23H,4-12H2,1-3H3/t13-,14+,15+,16-,17+,18-,19-,20+,21+/m1/s1. The van der Waals surface area contributed by atoms with Gasteiger partial charge in [-0.2, -0.15) is 0 Å². The fourth-order valence-electron chi connectivity index (χ4n) is 8.07. The summed E-state index contributed by atoms with van der Waals surface area (Å²) >= 11 is 0. The van der Waals surface area contributed by atoms with Crippen molar-refractivity contribution in [1.82, 2.24) is 0 Å². The summed E-state index contributed by atoms with van der Waals surface area (Å²) in [7, 11) is 0. The Morgan fingerprint density at radius 1 is 0.870 bits per heavy atom. The molecule has 2 heteroatoms. The normalized spacial score (nSPS) is 57.3. The first kappa shape index (κ1) is 16.4. The van der Waals surface area contributed by atoms with E-state index in [2.05, 4.69) is 13.8 Å². The van der Waals surface area contributed by atoms with Gasteiger partial charge in [-0.15, -0.1) is 0 Å². The van der Waals surface area contributed by atoms with E-state index < -0.39 is 0 Å². The molecular formula is C21H36O2. The van der Waals surface area contributed by atoms with Gasteiger partial charge in [-0.25, -0.2) is 0 Å². The summed E-state index contributed by atoms with van der Waals surface area (Å²) < 4.78 is 0. The summed E-state index contributed by atoms with van der Waals surface area (Å²) in [6, 6.07) is 0. The van der Waals surface area contributed by atoms with Crippen LogP contribution >= 0.6 is 0 Å². The Bertz CT molecular complexity index is 461. The van der Waals surface area contributed by atoms with E-state index in [1.807, 2.05) is 6.92 Å². The lowest BCUT2D eigenvalue weighted by Gasteiger charge is -2.61. The van der Waals surface area contributed by atoms with Gasteiger partial charge in [0.05, 0.1) is 12.2 Å². The van der Waals surface area contributed by atoms with Crippen molar-refractivity contribution >= 4 is 0 Å². The third kappa shape index (κ3) is 2.27. The maximum atomic E-state index is 10.3. The molecule has 0 aromatic rings. The Kier molecular flexibility index (Phi) is 3.89. The molecule has 4 aliphatic rings. The molecule has 0 aromatic heterocycles. The fourth-order valence-corrected chi connectivity index (χ4v) is 8.07. The van der Waals surface area contributed by atoms with Gasteiger partial charge in [-0.05, 0) is 105 Å².